The first-order valence-corrected chi connectivity index (χ1v) is 5.38. The second-order valence-corrected chi connectivity index (χ2v) is 3.46. The maximum atomic E-state index is 11.4. The smallest absolute Gasteiger partial charge is 0.169 e. The van der Waals surface area contributed by atoms with Gasteiger partial charge in [-0.1, -0.05) is 55.9 Å². The maximum Gasteiger partial charge on any atom is 0.169 e. The molecule has 0 radical (unpaired) electrons. The highest BCUT2D eigenvalue weighted by atomic mass is 32.1. The van der Waals surface area contributed by atoms with Crippen LogP contribution >= 0.6 is 12.2 Å². The monoisotopic (exact) mass is 223 g/mol. The van der Waals surface area contributed by atoms with Crippen LogP contribution in [0.2, 0.25) is 0 Å². The molecule has 0 fully saturated rings. The lowest BCUT2D eigenvalue weighted by Gasteiger charge is -1.99. The number of hydrogen-bond donors (Lipinski definition) is 1. The zero-order chi connectivity index (χ0) is 11.8. The number of benzene rings is 1. The second-order valence-electron chi connectivity index (χ2n) is 2.93. The molecule has 0 saturated heterocycles. The van der Waals surface area contributed by atoms with E-state index in [-0.39, 0.29) is 17.2 Å². The minimum atomic E-state index is -0.0208. The van der Waals surface area contributed by atoms with Crippen LogP contribution in [0.4, 0.5) is 0 Å². The zero-order valence-electron chi connectivity index (χ0n) is 9.41. The first-order valence-electron chi connectivity index (χ1n) is 4.98. The zero-order valence-corrected chi connectivity index (χ0v) is 10.2. The molecule has 0 spiro atoms. The average molecular weight is 223 g/mol. The molecule has 0 heterocycles. The summed E-state index contributed by atoms with van der Waals surface area (Å²) in [5.74, 6) is -0.0208. The van der Waals surface area contributed by atoms with Crippen molar-refractivity contribution >= 4 is 23.0 Å². The van der Waals surface area contributed by atoms with Gasteiger partial charge in [0.05, 0.1) is 11.4 Å². The van der Waals surface area contributed by atoms with E-state index >= 15 is 0 Å². The van der Waals surface area contributed by atoms with E-state index in [1.54, 1.807) is 12.1 Å². The number of hydrogen-bond acceptors (Lipinski definition) is 2. The van der Waals surface area contributed by atoms with Gasteiger partial charge in [-0.2, -0.15) is 0 Å². The molecule has 0 aliphatic rings. The summed E-state index contributed by atoms with van der Waals surface area (Å²) in [6.45, 7) is 5.97. The van der Waals surface area contributed by atoms with Crippen LogP contribution in [0.3, 0.4) is 0 Å². The molecule has 82 valence electrons. The third-order valence-electron chi connectivity index (χ3n) is 1.71. The number of ketones is 1. The van der Waals surface area contributed by atoms with Crippen LogP contribution in [-0.2, 0) is 0 Å². The number of rotatable bonds is 3. The number of aryl methyl sites for hydroxylation is 1. The van der Waals surface area contributed by atoms with Gasteiger partial charge >= 0.3 is 0 Å². The van der Waals surface area contributed by atoms with E-state index in [1.807, 2.05) is 32.9 Å². The Hall–Kier alpha value is -1.22. The van der Waals surface area contributed by atoms with Crippen LogP contribution in [0.5, 0.6) is 0 Å². The Kier molecular flexibility index (Phi) is 6.54. The number of thiocarbonyl (C=S) groups is 1. The van der Waals surface area contributed by atoms with Crippen molar-refractivity contribution in [2.24, 2.45) is 5.73 Å². The Labute approximate surface area is 96.5 Å². The first kappa shape index (κ1) is 13.8. The maximum absolute atomic E-state index is 11.4. The van der Waals surface area contributed by atoms with Gasteiger partial charge < -0.3 is 5.73 Å². The van der Waals surface area contributed by atoms with E-state index in [1.165, 1.54) is 0 Å². The largest absolute Gasteiger partial charge is 0.393 e. The molecule has 0 amide bonds. The highest BCUT2D eigenvalue weighted by molar-refractivity contribution is 7.80. The van der Waals surface area contributed by atoms with Crippen molar-refractivity contribution in [1.29, 1.82) is 0 Å². The van der Waals surface area contributed by atoms with Crippen molar-refractivity contribution in [3.63, 3.8) is 0 Å². The Balaban J connectivity index is 0.000000921. The molecule has 1 rings (SSSR count). The average Bonchev–Trinajstić information content (AvgIpc) is 2.20. The fraction of sp³-hybridized carbons (Fsp3) is 0.333. The predicted octanol–water partition coefficient (Wildman–Crippen LogP) is 2.88. The fourth-order valence-corrected chi connectivity index (χ4v) is 1.13. The van der Waals surface area contributed by atoms with Crippen LogP contribution in [-0.4, -0.2) is 10.8 Å². The van der Waals surface area contributed by atoms with Crippen molar-refractivity contribution in [2.75, 3.05) is 0 Å². The summed E-state index contributed by atoms with van der Waals surface area (Å²) in [5, 5.41) is 0. The third-order valence-corrected chi connectivity index (χ3v) is 1.85. The molecule has 2 N–H and O–H groups in total. The van der Waals surface area contributed by atoms with E-state index in [2.05, 4.69) is 12.2 Å². The van der Waals surface area contributed by atoms with Gasteiger partial charge in [0.1, 0.15) is 0 Å². The van der Waals surface area contributed by atoms with Gasteiger partial charge in [-0.25, -0.2) is 0 Å². The van der Waals surface area contributed by atoms with Crippen LogP contribution in [0.25, 0.3) is 0 Å². The Morgan fingerprint density at radius 3 is 2.13 bits per heavy atom. The van der Waals surface area contributed by atoms with E-state index in [0.717, 1.165) is 5.56 Å². The third kappa shape index (κ3) is 5.27. The lowest BCUT2D eigenvalue weighted by Crippen LogP contribution is -2.14. The summed E-state index contributed by atoms with van der Waals surface area (Å²) in [5.41, 5.74) is 7.07. The Morgan fingerprint density at radius 2 is 1.73 bits per heavy atom. The molecule has 3 heteroatoms. The predicted molar refractivity (Wildman–Crippen MR) is 68.3 cm³/mol. The van der Waals surface area contributed by atoms with Gasteiger partial charge in [0.2, 0.25) is 0 Å². The molecule has 1 aromatic carbocycles. The Bertz CT molecular complexity index is 330. The molecular weight excluding hydrogens is 206 g/mol. The molecule has 0 saturated carbocycles. The second kappa shape index (κ2) is 7.12. The lowest BCUT2D eigenvalue weighted by atomic mass is 10.1. The highest BCUT2D eigenvalue weighted by Crippen LogP contribution is 2.05. The van der Waals surface area contributed by atoms with Gasteiger partial charge in [0.15, 0.2) is 5.78 Å². The first-order chi connectivity index (χ1) is 7.09. The number of carbonyl (C=O) groups excluding carboxylic acids is 1. The minimum Gasteiger partial charge on any atom is -0.393 e. The van der Waals surface area contributed by atoms with Crippen LogP contribution in [0.15, 0.2) is 24.3 Å². The van der Waals surface area contributed by atoms with Crippen molar-refractivity contribution in [2.45, 2.75) is 27.2 Å². The molecule has 0 aromatic heterocycles. The normalized spacial score (nSPS) is 8.73. The molecule has 1 aromatic rings. The van der Waals surface area contributed by atoms with Crippen LogP contribution in [0.1, 0.15) is 36.2 Å². The van der Waals surface area contributed by atoms with E-state index in [4.69, 9.17) is 5.73 Å². The van der Waals surface area contributed by atoms with Gasteiger partial charge in [-0.3, -0.25) is 4.79 Å². The van der Waals surface area contributed by atoms with Gasteiger partial charge in [0.25, 0.3) is 0 Å². The van der Waals surface area contributed by atoms with Crippen LogP contribution < -0.4 is 5.73 Å². The van der Waals surface area contributed by atoms with Crippen molar-refractivity contribution < 1.29 is 4.79 Å². The summed E-state index contributed by atoms with van der Waals surface area (Å²) in [6, 6.07) is 7.37. The van der Waals surface area contributed by atoms with Gasteiger partial charge in [0, 0.05) is 5.56 Å². The molecule has 2 nitrogen and oxygen atoms in total. The van der Waals surface area contributed by atoms with Crippen molar-refractivity contribution in [1.82, 2.24) is 0 Å². The molecule has 0 aliphatic carbocycles. The minimum absolute atomic E-state index is 0.0208. The standard InChI is InChI=1S/C10H11NOS.C2H6/c1-7-2-4-8(5-3-7)9(12)6-10(11)13;1-2/h2-5H,6H2,1H3,(H2,11,13);1-2H3. The topological polar surface area (TPSA) is 43.1 Å². The Morgan fingerprint density at radius 1 is 1.27 bits per heavy atom. The summed E-state index contributed by atoms with van der Waals surface area (Å²) >= 11 is 4.65. The molecule has 0 aliphatic heterocycles. The highest BCUT2D eigenvalue weighted by Gasteiger charge is 2.05. The van der Waals surface area contributed by atoms with E-state index in [0.29, 0.717) is 5.56 Å². The van der Waals surface area contributed by atoms with Crippen molar-refractivity contribution in [3.05, 3.63) is 35.4 Å². The van der Waals surface area contributed by atoms with Crippen molar-refractivity contribution in [3.8, 4) is 0 Å². The molecule has 15 heavy (non-hydrogen) atoms. The van der Waals surface area contributed by atoms with Gasteiger partial charge in [-0.15, -0.1) is 0 Å². The number of nitrogens with two attached hydrogens (primary N) is 1. The SMILES string of the molecule is CC.Cc1ccc(C(=O)CC(N)=S)cc1. The summed E-state index contributed by atoms with van der Waals surface area (Å²) in [7, 11) is 0. The van der Waals surface area contributed by atoms with E-state index < -0.39 is 0 Å². The summed E-state index contributed by atoms with van der Waals surface area (Å²) < 4.78 is 0. The molecule has 0 atom stereocenters. The number of Topliss-reactive ketones (excluding diaryl/α,β-unsaturated/α-hetero) is 1. The summed E-state index contributed by atoms with van der Waals surface area (Å²) in [6.07, 6.45) is 0.151. The van der Waals surface area contributed by atoms with E-state index in [9.17, 15) is 4.79 Å². The fourth-order valence-electron chi connectivity index (χ4n) is 1.000. The lowest BCUT2D eigenvalue weighted by molar-refractivity contribution is 0.100. The van der Waals surface area contributed by atoms with Crippen LogP contribution in [0, 0.1) is 6.92 Å². The molecular formula is C12H17NOS. The molecule has 0 bridgehead atoms. The van der Waals surface area contributed by atoms with Gasteiger partial charge in [-0.05, 0) is 6.92 Å². The summed E-state index contributed by atoms with van der Waals surface area (Å²) in [4.78, 5) is 11.6. The quantitative estimate of drug-likeness (QED) is 0.633. The molecule has 0 unspecified atom stereocenters. The number of carbonyl (C=O) groups is 1.